The summed E-state index contributed by atoms with van der Waals surface area (Å²) in [4.78, 5) is 19.3. The number of allylic oxidation sites excluding steroid dienone is 1. The lowest BCUT2D eigenvalue weighted by molar-refractivity contribution is -0.117. The van der Waals surface area contributed by atoms with Gasteiger partial charge >= 0.3 is 0 Å². The number of aromatic nitrogens is 2. The number of carbonyl (C=O) groups excluding carboxylic acids is 1. The van der Waals surface area contributed by atoms with Crippen LogP contribution < -0.4 is 4.90 Å². The number of rotatable bonds is 4. The van der Waals surface area contributed by atoms with Gasteiger partial charge in [0.2, 0.25) is 5.91 Å². The minimum atomic E-state index is 0.0967. The summed E-state index contributed by atoms with van der Waals surface area (Å²) >= 11 is 0. The number of fused-ring (bicyclic) bond motifs is 1. The molecule has 1 aromatic heterocycles. The predicted molar refractivity (Wildman–Crippen MR) is 101 cm³/mol. The summed E-state index contributed by atoms with van der Waals surface area (Å²) < 4.78 is 2.21. The molecule has 4 rings (SSSR count). The number of para-hydroxylation sites is 3. The number of nitrogens with zero attached hydrogens (tertiary/aromatic N) is 3. The molecule has 1 aliphatic heterocycles. The monoisotopic (exact) mass is 331 g/mol. The van der Waals surface area contributed by atoms with Crippen molar-refractivity contribution in [3.63, 3.8) is 0 Å². The number of hydrogen-bond donors (Lipinski definition) is 0. The smallest absolute Gasteiger partial charge is 0.227 e. The first kappa shape index (κ1) is 15.6. The van der Waals surface area contributed by atoms with Crippen molar-refractivity contribution in [1.82, 2.24) is 9.55 Å². The van der Waals surface area contributed by atoms with E-state index in [1.54, 1.807) is 0 Å². The fourth-order valence-corrected chi connectivity index (χ4v) is 3.58. The van der Waals surface area contributed by atoms with Crippen LogP contribution in [-0.2, 0) is 11.3 Å². The number of imidazole rings is 1. The highest BCUT2D eigenvalue weighted by Gasteiger charge is 2.34. The zero-order valence-electron chi connectivity index (χ0n) is 14.4. The highest BCUT2D eigenvalue weighted by Crippen LogP contribution is 2.33. The molecule has 0 bridgehead atoms. The summed E-state index contributed by atoms with van der Waals surface area (Å²) in [6.45, 7) is 7.48. The van der Waals surface area contributed by atoms with Gasteiger partial charge in [0.1, 0.15) is 5.82 Å². The van der Waals surface area contributed by atoms with E-state index in [4.69, 9.17) is 4.98 Å². The number of hydrogen-bond acceptors (Lipinski definition) is 2. The Morgan fingerprint density at radius 3 is 2.64 bits per heavy atom. The van der Waals surface area contributed by atoms with Gasteiger partial charge in [-0.1, -0.05) is 42.5 Å². The molecule has 126 valence electrons. The van der Waals surface area contributed by atoms with E-state index in [1.807, 2.05) is 60.4 Å². The first-order chi connectivity index (χ1) is 12.1. The van der Waals surface area contributed by atoms with E-state index in [0.29, 0.717) is 13.0 Å². The quantitative estimate of drug-likeness (QED) is 0.674. The molecule has 0 unspecified atom stereocenters. The topological polar surface area (TPSA) is 38.1 Å². The molecule has 0 saturated carbocycles. The van der Waals surface area contributed by atoms with E-state index >= 15 is 0 Å². The molecule has 0 spiro atoms. The molecule has 0 N–H and O–H groups in total. The third-order valence-electron chi connectivity index (χ3n) is 4.67. The zero-order valence-corrected chi connectivity index (χ0v) is 14.4. The largest absolute Gasteiger partial charge is 0.324 e. The maximum absolute atomic E-state index is 12.6. The van der Waals surface area contributed by atoms with Gasteiger partial charge in [0.05, 0.1) is 11.0 Å². The number of carbonyl (C=O) groups is 1. The summed E-state index contributed by atoms with van der Waals surface area (Å²) in [5.74, 6) is 1.24. The van der Waals surface area contributed by atoms with Gasteiger partial charge < -0.3 is 9.47 Å². The Morgan fingerprint density at radius 2 is 1.88 bits per heavy atom. The van der Waals surface area contributed by atoms with Crippen LogP contribution in [0.15, 0.2) is 66.7 Å². The Hall–Kier alpha value is -2.88. The maximum Gasteiger partial charge on any atom is 0.227 e. The molecule has 1 amide bonds. The Morgan fingerprint density at radius 1 is 1.16 bits per heavy atom. The van der Waals surface area contributed by atoms with E-state index in [0.717, 1.165) is 34.7 Å². The normalized spacial score (nSPS) is 17.4. The summed E-state index contributed by atoms with van der Waals surface area (Å²) in [5.41, 5.74) is 4.11. The average molecular weight is 331 g/mol. The molecule has 25 heavy (non-hydrogen) atoms. The fourth-order valence-electron chi connectivity index (χ4n) is 3.58. The summed E-state index contributed by atoms with van der Waals surface area (Å²) in [7, 11) is 0. The standard InChI is InChI=1S/C21H21N3O/c1-15(2)13-24-19-11-7-6-10-18(19)22-21(24)16-12-20(25)23(14-16)17-8-4-3-5-9-17/h3-11,16H,1,12-14H2,2H3/t16-/m0/s1. The Bertz CT molecular complexity index is 942. The SMILES string of the molecule is C=C(C)Cn1c([C@H]2CC(=O)N(c3ccccc3)C2)nc2ccccc21. The van der Waals surface area contributed by atoms with Crippen LogP contribution in [-0.4, -0.2) is 22.0 Å². The molecule has 2 heterocycles. The molecule has 1 fully saturated rings. The lowest BCUT2D eigenvalue weighted by atomic mass is 10.1. The van der Waals surface area contributed by atoms with Gasteiger partial charge in [-0.25, -0.2) is 4.98 Å². The molecule has 1 aliphatic rings. The Kier molecular flexibility index (Phi) is 3.88. The zero-order chi connectivity index (χ0) is 17.4. The van der Waals surface area contributed by atoms with E-state index in [2.05, 4.69) is 17.2 Å². The average Bonchev–Trinajstić information content (AvgIpc) is 3.16. The first-order valence-corrected chi connectivity index (χ1v) is 8.58. The van der Waals surface area contributed by atoms with Crippen LogP contribution in [0.3, 0.4) is 0 Å². The van der Waals surface area contributed by atoms with Crippen molar-refractivity contribution in [3.05, 3.63) is 72.6 Å². The van der Waals surface area contributed by atoms with Crippen molar-refractivity contribution in [2.75, 3.05) is 11.4 Å². The summed E-state index contributed by atoms with van der Waals surface area (Å²) in [5, 5.41) is 0. The highest BCUT2D eigenvalue weighted by atomic mass is 16.2. The van der Waals surface area contributed by atoms with Gasteiger partial charge in [0.25, 0.3) is 0 Å². The van der Waals surface area contributed by atoms with Gasteiger partial charge in [0, 0.05) is 31.1 Å². The van der Waals surface area contributed by atoms with E-state index < -0.39 is 0 Å². The molecule has 0 radical (unpaired) electrons. The first-order valence-electron chi connectivity index (χ1n) is 8.58. The molecule has 4 nitrogen and oxygen atoms in total. The van der Waals surface area contributed by atoms with Crippen LogP contribution >= 0.6 is 0 Å². The van der Waals surface area contributed by atoms with Gasteiger partial charge in [-0.2, -0.15) is 0 Å². The molecule has 1 atom stereocenters. The van der Waals surface area contributed by atoms with Crippen molar-refractivity contribution in [2.45, 2.75) is 25.8 Å². The van der Waals surface area contributed by atoms with Crippen molar-refractivity contribution in [3.8, 4) is 0 Å². The maximum atomic E-state index is 12.6. The molecule has 1 saturated heterocycles. The third-order valence-corrected chi connectivity index (χ3v) is 4.67. The van der Waals surface area contributed by atoms with Crippen LogP contribution in [0.25, 0.3) is 11.0 Å². The van der Waals surface area contributed by atoms with Crippen LogP contribution in [0.2, 0.25) is 0 Å². The fraction of sp³-hybridized carbons (Fsp3) is 0.238. The van der Waals surface area contributed by atoms with E-state index in [1.165, 1.54) is 0 Å². The Labute approximate surface area is 147 Å². The molecule has 3 aromatic rings. The number of anilines is 1. The van der Waals surface area contributed by atoms with Gasteiger partial charge in [-0.05, 0) is 31.2 Å². The van der Waals surface area contributed by atoms with Crippen LogP contribution in [0.1, 0.15) is 25.1 Å². The van der Waals surface area contributed by atoms with Crippen molar-refractivity contribution >= 4 is 22.6 Å². The highest BCUT2D eigenvalue weighted by molar-refractivity contribution is 5.96. The van der Waals surface area contributed by atoms with Gasteiger partial charge in [0.15, 0.2) is 0 Å². The summed E-state index contributed by atoms with van der Waals surface area (Å²) in [6.07, 6.45) is 0.494. The Balaban J connectivity index is 1.73. The second kappa shape index (κ2) is 6.20. The minimum Gasteiger partial charge on any atom is -0.324 e. The second-order valence-corrected chi connectivity index (χ2v) is 6.74. The molecular weight excluding hydrogens is 310 g/mol. The van der Waals surface area contributed by atoms with E-state index in [-0.39, 0.29) is 11.8 Å². The number of amides is 1. The van der Waals surface area contributed by atoms with Crippen LogP contribution in [0, 0.1) is 0 Å². The summed E-state index contributed by atoms with van der Waals surface area (Å²) in [6, 6.07) is 18.0. The predicted octanol–water partition coefficient (Wildman–Crippen LogP) is 4.13. The molecule has 0 aliphatic carbocycles. The number of benzene rings is 2. The van der Waals surface area contributed by atoms with Crippen molar-refractivity contribution < 1.29 is 4.79 Å². The van der Waals surface area contributed by atoms with Crippen molar-refractivity contribution in [2.24, 2.45) is 0 Å². The van der Waals surface area contributed by atoms with Crippen molar-refractivity contribution in [1.29, 1.82) is 0 Å². The third kappa shape index (κ3) is 2.84. The second-order valence-electron chi connectivity index (χ2n) is 6.74. The lowest BCUT2D eigenvalue weighted by Gasteiger charge is -2.17. The molecular formula is C21H21N3O. The van der Waals surface area contributed by atoms with Gasteiger partial charge in [-0.15, -0.1) is 0 Å². The van der Waals surface area contributed by atoms with Crippen LogP contribution in [0.4, 0.5) is 5.69 Å². The van der Waals surface area contributed by atoms with Gasteiger partial charge in [-0.3, -0.25) is 4.79 Å². The van der Waals surface area contributed by atoms with Crippen LogP contribution in [0.5, 0.6) is 0 Å². The minimum absolute atomic E-state index is 0.0967. The van der Waals surface area contributed by atoms with E-state index in [9.17, 15) is 4.79 Å². The molecule has 2 aromatic carbocycles. The molecule has 4 heteroatoms. The lowest BCUT2D eigenvalue weighted by Crippen LogP contribution is -2.24.